The van der Waals surface area contributed by atoms with E-state index >= 15 is 0 Å². The van der Waals surface area contributed by atoms with E-state index in [1.54, 1.807) is 25.6 Å². The third-order valence-electron chi connectivity index (χ3n) is 4.45. The van der Waals surface area contributed by atoms with Gasteiger partial charge in [0.05, 0.1) is 7.11 Å². The second-order valence-corrected chi connectivity index (χ2v) is 6.31. The molecule has 0 saturated heterocycles. The first kappa shape index (κ1) is 17.7. The SMILES string of the molecule is COc1cccc(C(NC(=O)c2nc3nccc(C)n3n2)c2nccn2C)c1. The molecule has 3 aromatic heterocycles. The number of aromatic nitrogens is 6. The number of rotatable bonds is 5. The molecule has 0 spiro atoms. The highest BCUT2D eigenvalue weighted by molar-refractivity contribution is 5.91. The van der Waals surface area contributed by atoms with Crippen molar-refractivity contribution in [3.63, 3.8) is 0 Å². The smallest absolute Gasteiger partial charge is 0.291 e. The number of methoxy groups -OCH3 is 1. The molecule has 3 heterocycles. The molecular formula is C19H19N7O2. The highest BCUT2D eigenvalue weighted by atomic mass is 16.5. The molecule has 1 atom stereocenters. The van der Waals surface area contributed by atoms with E-state index in [0.29, 0.717) is 17.4 Å². The van der Waals surface area contributed by atoms with Crippen LogP contribution in [0.3, 0.4) is 0 Å². The van der Waals surface area contributed by atoms with Crippen LogP contribution in [-0.2, 0) is 7.05 Å². The fourth-order valence-electron chi connectivity index (χ4n) is 2.97. The van der Waals surface area contributed by atoms with Crippen LogP contribution in [0.15, 0.2) is 48.9 Å². The Kier molecular flexibility index (Phi) is 4.48. The quantitative estimate of drug-likeness (QED) is 0.568. The number of hydrogen-bond donors (Lipinski definition) is 1. The third kappa shape index (κ3) is 3.18. The molecule has 0 aliphatic carbocycles. The van der Waals surface area contributed by atoms with Gasteiger partial charge < -0.3 is 14.6 Å². The predicted molar refractivity (Wildman–Crippen MR) is 101 cm³/mol. The first-order valence-corrected chi connectivity index (χ1v) is 8.67. The molecule has 1 N–H and O–H groups in total. The number of carbonyl (C=O) groups is 1. The van der Waals surface area contributed by atoms with Crippen molar-refractivity contribution in [2.75, 3.05) is 7.11 Å². The Morgan fingerprint density at radius 2 is 2.07 bits per heavy atom. The number of carbonyl (C=O) groups excluding carboxylic acids is 1. The maximum atomic E-state index is 12.9. The molecule has 0 fully saturated rings. The summed E-state index contributed by atoms with van der Waals surface area (Å²) in [5.74, 6) is 1.38. The van der Waals surface area contributed by atoms with Gasteiger partial charge in [-0.15, -0.1) is 5.10 Å². The number of fused-ring (bicyclic) bond motifs is 1. The molecule has 1 amide bonds. The minimum absolute atomic E-state index is 0.0453. The molecule has 1 aromatic carbocycles. The summed E-state index contributed by atoms with van der Waals surface area (Å²) in [5.41, 5.74) is 1.67. The molecular weight excluding hydrogens is 358 g/mol. The lowest BCUT2D eigenvalue weighted by Crippen LogP contribution is -2.32. The molecule has 4 aromatic rings. The normalized spacial score (nSPS) is 12.1. The first-order valence-electron chi connectivity index (χ1n) is 8.67. The average molecular weight is 377 g/mol. The Morgan fingerprint density at radius 3 is 2.79 bits per heavy atom. The van der Waals surface area contributed by atoms with Gasteiger partial charge in [0.2, 0.25) is 5.82 Å². The van der Waals surface area contributed by atoms with E-state index in [-0.39, 0.29) is 5.82 Å². The van der Waals surface area contributed by atoms with Gasteiger partial charge in [0.25, 0.3) is 11.7 Å². The van der Waals surface area contributed by atoms with Crippen LogP contribution in [0.2, 0.25) is 0 Å². The lowest BCUT2D eigenvalue weighted by Gasteiger charge is -2.19. The van der Waals surface area contributed by atoms with Crippen LogP contribution in [0.1, 0.15) is 33.7 Å². The van der Waals surface area contributed by atoms with Gasteiger partial charge in [-0.25, -0.2) is 14.5 Å². The highest BCUT2D eigenvalue weighted by Gasteiger charge is 2.24. The van der Waals surface area contributed by atoms with Crippen molar-refractivity contribution < 1.29 is 9.53 Å². The maximum absolute atomic E-state index is 12.9. The molecule has 4 rings (SSSR count). The zero-order valence-electron chi connectivity index (χ0n) is 15.7. The molecule has 0 aliphatic rings. The number of imidazole rings is 1. The third-order valence-corrected chi connectivity index (χ3v) is 4.45. The van der Waals surface area contributed by atoms with Crippen molar-refractivity contribution >= 4 is 11.7 Å². The molecule has 28 heavy (non-hydrogen) atoms. The van der Waals surface area contributed by atoms with Crippen LogP contribution in [0.4, 0.5) is 0 Å². The Labute approximate surface area is 161 Å². The fourth-order valence-corrected chi connectivity index (χ4v) is 2.97. The largest absolute Gasteiger partial charge is 0.497 e. The van der Waals surface area contributed by atoms with E-state index in [1.807, 2.05) is 49.0 Å². The lowest BCUT2D eigenvalue weighted by molar-refractivity contribution is 0.0931. The van der Waals surface area contributed by atoms with Crippen LogP contribution < -0.4 is 10.1 Å². The zero-order valence-corrected chi connectivity index (χ0v) is 15.7. The van der Waals surface area contributed by atoms with Crippen molar-refractivity contribution in [2.24, 2.45) is 7.05 Å². The minimum atomic E-state index is -0.497. The summed E-state index contributed by atoms with van der Waals surface area (Å²) in [4.78, 5) is 25.7. The van der Waals surface area contributed by atoms with Gasteiger partial charge in [0, 0.05) is 31.3 Å². The summed E-state index contributed by atoms with van der Waals surface area (Å²) in [5, 5.41) is 7.26. The molecule has 142 valence electrons. The van der Waals surface area contributed by atoms with Crippen molar-refractivity contribution in [1.82, 2.24) is 34.4 Å². The molecule has 0 aliphatic heterocycles. The highest BCUT2D eigenvalue weighted by Crippen LogP contribution is 2.24. The van der Waals surface area contributed by atoms with Gasteiger partial charge in [0.15, 0.2) is 0 Å². The van der Waals surface area contributed by atoms with Crippen LogP contribution >= 0.6 is 0 Å². The van der Waals surface area contributed by atoms with Crippen LogP contribution in [0.5, 0.6) is 5.75 Å². The van der Waals surface area contributed by atoms with Crippen molar-refractivity contribution in [3.05, 3.63) is 71.8 Å². The fraction of sp³-hybridized carbons (Fsp3) is 0.211. The van der Waals surface area contributed by atoms with E-state index < -0.39 is 11.9 Å². The Hall–Kier alpha value is -3.75. The topological polar surface area (TPSA) is 99.2 Å². The standard InChI is InChI=1S/C19H19N7O2/c1-12-7-8-21-19-23-16(24-26(12)19)18(27)22-15(17-20-9-10-25(17)2)13-5-4-6-14(11-13)28-3/h4-11,15H,1-3H3,(H,22,27). The van der Waals surface area contributed by atoms with Gasteiger partial charge in [-0.1, -0.05) is 12.1 Å². The number of nitrogens with zero attached hydrogens (tertiary/aromatic N) is 6. The predicted octanol–water partition coefficient (Wildman–Crippen LogP) is 1.69. The number of nitrogens with one attached hydrogen (secondary N) is 1. The minimum Gasteiger partial charge on any atom is -0.497 e. The first-order chi connectivity index (χ1) is 13.6. The molecule has 1 unspecified atom stereocenters. The summed E-state index contributed by atoms with van der Waals surface area (Å²) < 4.78 is 8.71. The molecule has 0 saturated carbocycles. The number of benzene rings is 1. The van der Waals surface area contributed by atoms with Gasteiger partial charge in [-0.2, -0.15) is 4.98 Å². The Bertz CT molecular complexity index is 1150. The summed E-state index contributed by atoms with van der Waals surface area (Å²) >= 11 is 0. The average Bonchev–Trinajstić information content (AvgIpc) is 3.33. The van der Waals surface area contributed by atoms with E-state index in [0.717, 1.165) is 11.3 Å². The monoisotopic (exact) mass is 377 g/mol. The molecule has 9 nitrogen and oxygen atoms in total. The number of hydrogen-bond acceptors (Lipinski definition) is 6. The van der Waals surface area contributed by atoms with E-state index in [4.69, 9.17) is 4.74 Å². The Morgan fingerprint density at radius 1 is 1.21 bits per heavy atom. The van der Waals surface area contributed by atoms with Crippen molar-refractivity contribution in [3.8, 4) is 5.75 Å². The number of amides is 1. The van der Waals surface area contributed by atoms with E-state index in [2.05, 4.69) is 25.4 Å². The number of aryl methyl sites for hydroxylation is 2. The summed E-state index contributed by atoms with van der Waals surface area (Å²) in [6.45, 7) is 1.87. The second kappa shape index (κ2) is 7.10. The second-order valence-electron chi connectivity index (χ2n) is 6.31. The van der Waals surface area contributed by atoms with Gasteiger partial charge in [-0.05, 0) is 30.7 Å². The van der Waals surface area contributed by atoms with E-state index in [9.17, 15) is 4.79 Å². The van der Waals surface area contributed by atoms with Crippen LogP contribution in [-0.4, -0.2) is 42.2 Å². The van der Waals surface area contributed by atoms with Crippen LogP contribution in [0.25, 0.3) is 5.78 Å². The molecule has 9 heteroatoms. The molecule has 0 bridgehead atoms. The van der Waals surface area contributed by atoms with Crippen molar-refractivity contribution in [1.29, 1.82) is 0 Å². The summed E-state index contributed by atoms with van der Waals surface area (Å²) in [6.07, 6.45) is 5.14. The maximum Gasteiger partial charge on any atom is 0.291 e. The van der Waals surface area contributed by atoms with Gasteiger partial charge in [0.1, 0.15) is 17.6 Å². The van der Waals surface area contributed by atoms with Gasteiger partial charge in [-0.3, -0.25) is 4.79 Å². The van der Waals surface area contributed by atoms with Crippen molar-refractivity contribution in [2.45, 2.75) is 13.0 Å². The zero-order chi connectivity index (χ0) is 19.7. The lowest BCUT2D eigenvalue weighted by atomic mass is 10.1. The summed E-state index contributed by atoms with van der Waals surface area (Å²) in [6, 6.07) is 8.79. The van der Waals surface area contributed by atoms with E-state index in [1.165, 1.54) is 4.52 Å². The Balaban J connectivity index is 1.71. The van der Waals surface area contributed by atoms with Crippen LogP contribution in [0, 0.1) is 6.92 Å². The molecule has 0 radical (unpaired) electrons. The van der Waals surface area contributed by atoms with Gasteiger partial charge >= 0.3 is 0 Å². The number of ether oxygens (including phenoxy) is 1. The summed E-state index contributed by atoms with van der Waals surface area (Å²) in [7, 11) is 3.47.